The lowest BCUT2D eigenvalue weighted by atomic mass is 10.00. The number of likely N-dealkylation sites (tertiary alicyclic amines) is 1. The topological polar surface area (TPSA) is 35.5 Å². The maximum absolute atomic E-state index is 4.68. The molecular formula is C25H37N5. The van der Waals surface area contributed by atoms with Gasteiger partial charge in [-0.05, 0) is 56.8 Å². The van der Waals surface area contributed by atoms with Crippen molar-refractivity contribution in [3.05, 3.63) is 53.9 Å². The van der Waals surface area contributed by atoms with Crippen LogP contribution in [0.4, 0.5) is 5.95 Å². The first-order chi connectivity index (χ1) is 14.7. The predicted molar refractivity (Wildman–Crippen MR) is 123 cm³/mol. The van der Waals surface area contributed by atoms with Gasteiger partial charge in [-0.3, -0.25) is 9.80 Å². The second kappa shape index (κ2) is 10.4. The Hall–Kier alpha value is -1.98. The first-order valence-electron chi connectivity index (χ1n) is 11.8. The van der Waals surface area contributed by atoms with Crippen molar-refractivity contribution in [3.63, 3.8) is 0 Å². The van der Waals surface area contributed by atoms with E-state index in [1.807, 2.05) is 12.4 Å². The van der Waals surface area contributed by atoms with Gasteiger partial charge in [-0.15, -0.1) is 0 Å². The van der Waals surface area contributed by atoms with Crippen molar-refractivity contribution in [1.29, 1.82) is 0 Å². The third-order valence-corrected chi connectivity index (χ3v) is 6.87. The van der Waals surface area contributed by atoms with Crippen LogP contribution in [-0.2, 0) is 13.1 Å². The largest absolute Gasteiger partial charge is 0.341 e. The van der Waals surface area contributed by atoms with Crippen molar-refractivity contribution < 1.29 is 0 Å². The van der Waals surface area contributed by atoms with Crippen LogP contribution in [0, 0.1) is 5.92 Å². The molecule has 2 aliphatic rings. The van der Waals surface area contributed by atoms with Crippen molar-refractivity contribution in [2.75, 3.05) is 37.6 Å². The van der Waals surface area contributed by atoms with E-state index >= 15 is 0 Å². The van der Waals surface area contributed by atoms with Gasteiger partial charge in [0.15, 0.2) is 0 Å². The Morgan fingerprint density at radius 1 is 0.900 bits per heavy atom. The van der Waals surface area contributed by atoms with Crippen molar-refractivity contribution in [3.8, 4) is 0 Å². The lowest BCUT2D eigenvalue weighted by molar-refractivity contribution is 0.103. The predicted octanol–water partition coefficient (Wildman–Crippen LogP) is 4.20. The number of hydrogen-bond acceptors (Lipinski definition) is 5. The van der Waals surface area contributed by atoms with Crippen LogP contribution >= 0.6 is 0 Å². The standard InChI is InChI=1S/C25H37N5/c1-3-29(20-22-7-5-4-6-8-22)24-11-13-28(14-12-24)19-23-17-26-25(27-18-23)30-15-9-21(2)10-16-30/h4-8,17-18,21,24H,3,9-16,19-20H2,1-2H3. The van der Waals surface area contributed by atoms with Crippen LogP contribution in [0.5, 0.6) is 0 Å². The molecular weight excluding hydrogens is 370 g/mol. The summed E-state index contributed by atoms with van der Waals surface area (Å²) >= 11 is 0. The number of anilines is 1. The van der Waals surface area contributed by atoms with E-state index in [1.54, 1.807) is 0 Å². The molecule has 2 aromatic rings. The summed E-state index contributed by atoms with van der Waals surface area (Å²) in [7, 11) is 0. The Labute approximate surface area is 182 Å². The Morgan fingerprint density at radius 2 is 1.57 bits per heavy atom. The molecule has 0 saturated carbocycles. The van der Waals surface area contributed by atoms with E-state index in [0.29, 0.717) is 6.04 Å². The number of nitrogens with zero attached hydrogens (tertiary/aromatic N) is 5. The summed E-state index contributed by atoms with van der Waals surface area (Å²) in [5, 5.41) is 0. The molecule has 0 radical (unpaired) electrons. The minimum absolute atomic E-state index is 0.687. The summed E-state index contributed by atoms with van der Waals surface area (Å²) in [6.45, 7) is 12.3. The van der Waals surface area contributed by atoms with E-state index < -0.39 is 0 Å². The number of benzene rings is 1. The summed E-state index contributed by atoms with van der Waals surface area (Å²) in [6, 6.07) is 11.6. The van der Waals surface area contributed by atoms with Gasteiger partial charge in [-0.2, -0.15) is 0 Å². The van der Waals surface area contributed by atoms with Crippen LogP contribution in [0.25, 0.3) is 0 Å². The molecule has 0 atom stereocenters. The maximum Gasteiger partial charge on any atom is 0.225 e. The molecule has 3 heterocycles. The smallest absolute Gasteiger partial charge is 0.225 e. The minimum atomic E-state index is 0.687. The fourth-order valence-corrected chi connectivity index (χ4v) is 4.82. The van der Waals surface area contributed by atoms with Gasteiger partial charge in [0.1, 0.15) is 0 Å². The van der Waals surface area contributed by atoms with Gasteiger partial charge in [0.05, 0.1) is 0 Å². The molecule has 0 aliphatic carbocycles. The van der Waals surface area contributed by atoms with Gasteiger partial charge in [0, 0.05) is 50.2 Å². The summed E-state index contributed by atoms with van der Waals surface area (Å²) in [6.07, 6.45) is 9.07. The third-order valence-electron chi connectivity index (χ3n) is 6.87. The van der Waals surface area contributed by atoms with E-state index in [2.05, 4.69) is 68.8 Å². The van der Waals surface area contributed by atoms with E-state index in [9.17, 15) is 0 Å². The molecule has 2 aliphatic heterocycles. The molecule has 0 amide bonds. The van der Waals surface area contributed by atoms with Crippen LogP contribution < -0.4 is 4.90 Å². The quantitative estimate of drug-likeness (QED) is 0.687. The second-order valence-electron chi connectivity index (χ2n) is 9.12. The lowest BCUT2D eigenvalue weighted by Gasteiger charge is -2.38. The average Bonchev–Trinajstić information content (AvgIpc) is 2.80. The Balaban J connectivity index is 1.25. The minimum Gasteiger partial charge on any atom is -0.341 e. The van der Waals surface area contributed by atoms with E-state index in [1.165, 1.54) is 36.8 Å². The number of rotatable bonds is 7. The van der Waals surface area contributed by atoms with Gasteiger partial charge in [-0.1, -0.05) is 44.2 Å². The molecule has 4 rings (SSSR count). The molecule has 2 fully saturated rings. The fraction of sp³-hybridized carbons (Fsp3) is 0.600. The number of piperidine rings is 2. The summed E-state index contributed by atoms with van der Waals surface area (Å²) in [4.78, 5) is 16.9. The number of aromatic nitrogens is 2. The van der Waals surface area contributed by atoms with Crippen molar-refractivity contribution in [1.82, 2.24) is 19.8 Å². The molecule has 1 aromatic heterocycles. The second-order valence-corrected chi connectivity index (χ2v) is 9.12. The highest BCUT2D eigenvalue weighted by Gasteiger charge is 2.24. The maximum atomic E-state index is 4.68. The molecule has 0 unspecified atom stereocenters. The molecule has 1 aromatic carbocycles. The van der Waals surface area contributed by atoms with Crippen LogP contribution in [0.2, 0.25) is 0 Å². The molecule has 0 bridgehead atoms. The van der Waals surface area contributed by atoms with Crippen LogP contribution in [0.15, 0.2) is 42.7 Å². The van der Waals surface area contributed by atoms with Gasteiger partial charge >= 0.3 is 0 Å². The zero-order valence-corrected chi connectivity index (χ0v) is 18.7. The fourth-order valence-electron chi connectivity index (χ4n) is 4.82. The van der Waals surface area contributed by atoms with Gasteiger partial charge in [-0.25, -0.2) is 9.97 Å². The van der Waals surface area contributed by atoms with E-state index in [-0.39, 0.29) is 0 Å². The van der Waals surface area contributed by atoms with Gasteiger partial charge in [0.2, 0.25) is 5.95 Å². The van der Waals surface area contributed by atoms with Crippen molar-refractivity contribution in [2.24, 2.45) is 5.92 Å². The molecule has 0 spiro atoms. The molecule has 5 nitrogen and oxygen atoms in total. The summed E-state index contributed by atoms with van der Waals surface area (Å²) < 4.78 is 0. The molecule has 2 saturated heterocycles. The molecule has 30 heavy (non-hydrogen) atoms. The van der Waals surface area contributed by atoms with Crippen molar-refractivity contribution in [2.45, 2.75) is 58.7 Å². The SMILES string of the molecule is CCN(Cc1ccccc1)C1CCN(Cc2cnc(N3CCC(C)CC3)nc2)CC1. The van der Waals surface area contributed by atoms with Gasteiger partial charge in [0.25, 0.3) is 0 Å². The third kappa shape index (κ3) is 5.58. The molecule has 5 heteroatoms. The highest BCUT2D eigenvalue weighted by molar-refractivity contribution is 5.30. The average molecular weight is 408 g/mol. The summed E-state index contributed by atoms with van der Waals surface area (Å²) in [5.41, 5.74) is 2.65. The van der Waals surface area contributed by atoms with Gasteiger partial charge < -0.3 is 4.90 Å². The Morgan fingerprint density at radius 3 is 2.20 bits per heavy atom. The Bertz CT molecular complexity index is 747. The van der Waals surface area contributed by atoms with Crippen LogP contribution in [0.3, 0.4) is 0 Å². The monoisotopic (exact) mass is 407 g/mol. The van der Waals surface area contributed by atoms with E-state index in [0.717, 1.165) is 57.7 Å². The zero-order chi connectivity index (χ0) is 20.8. The number of hydrogen-bond donors (Lipinski definition) is 0. The molecule has 162 valence electrons. The zero-order valence-electron chi connectivity index (χ0n) is 18.7. The summed E-state index contributed by atoms with van der Waals surface area (Å²) in [5.74, 6) is 1.74. The normalized spacial score (nSPS) is 19.5. The first-order valence-corrected chi connectivity index (χ1v) is 11.8. The molecule has 0 N–H and O–H groups in total. The highest BCUT2D eigenvalue weighted by atomic mass is 15.3. The lowest BCUT2D eigenvalue weighted by Crippen LogP contribution is -2.44. The van der Waals surface area contributed by atoms with Crippen LogP contribution in [-0.4, -0.2) is 58.5 Å². The van der Waals surface area contributed by atoms with E-state index in [4.69, 9.17) is 0 Å². The van der Waals surface area contributed by atoms with Crippen LogP contribution in [0.1, 0.15) is 50.7 Å². The Kier molecular flexibility index (Phi) is 7.34. The first kappa shape index (κ1) is 21.3. The highest BCUT2D eigenvalue weighted by Crippen LogP contribution is 2.22. The van der Waals surface area contributed by atoms with Crippen molar-refractivity contribution >= 4 is 5.95 Å².